The lowest BCUT2D eigenvalue weighted by molar-refractivity contribution is -0.180. The van der Waals surface area contributed by atoms with E-state index in [1.165, 1.54) is 4.90 Å². The number of anilines is 1. The molecule has 0 saturated carbocycles. The van der Waals surface area contributed by atoms with E-state index in [-0.39, 0.29) is 11.8 Å². The third-order valence-electron chi connectivity index (χ3n) is 6.08. The molecule has 2 bridgehead atoms. The molecule has 2 aromatic carbocycles. The Kier molecular flexibility index (Phi) is 3.02. The normalized spacial score (nSPS) is 35.0. The number of carbonyl (C=O) groups is 2. The van der Waals surface area contributed by atoms with Crippen molar-refractivity contribution in [2.24, 2.45) is 11.8 Å². The van der Waals surface area contributed by atoms with Crippen molar-refractivity contribution in [2.45, 2.75) is 18.0 Å². The van der Waals surface area contributed by atoms with Gasteiger partial charge in [-0.15, -0.1) is 0 Å². The van der Waals surface area contributed by atoms with Crippen LogP contribution in [0, 0.1) is 11.8 Å². The van der Waals surface area contributed by atoms with E-state index >= 15 is 0 Å². The molecule has 0 spiro atoms. The van der Waals surface area contributed by atoms with Crippen molar-refractivity contribution in [3.8, 4) is 0 Å². The Morgan fingerprint density at radius 3 is 2.59 bits per heavy atom. The predicted octanol–water partition coefficient (Wildman–Crippen LogP) is 2.03. The van der Waals surface area contributed by atoms with Crippen molar-refractivity contribution < 1.29 is 23.8 Å². The number of ether oxygens (including phenoxy) is 3. The maximum absolute atomic E-state index is 13.5. The highest BCUT2D eigenvalue weighted by Gasteiger charge is 2.71. The van der Waals surface area contributed by atoms with E-state index in [4.69, 9.17) is 14.2 Å². The van der Waals surface area contributed by atoms with Gasteiger partial charge in [0.05, 0.1) is 36.8 Å². The third kappa shape index (κ3) is 1.85. The van der Waals surface area contributed by atoms with Gasteiger partial charge in [-0.25, -0.2) is 4.90 Å². The summed E-state index contributed by atoms with van der Waals surface area (Å²) in [6, 6.07) is 13.4. The maximum atomic E-state index is 13.5. The Morgan fingerprint density at radius 2 is 1.74 bits per heavy atom. The number of carbonyl (C=O) groups excluding carboxylic acids is 2. The van der Waals surface area contributed by atoms with Crippen molar-refractivity contribution in [1.29, 1.82) is 0 Å². The van der Waals surface area contributed by atoms with Crippen LogP contribution in [-0.2, 0) is 23.8 Å². The minimum atomic E-state index is -1.02. The predicted molar refractivity (Wildman–Crippen MR) is 95.9 cm³/mol. The Hall–Kier alpha value is -2.54. The first-order valence-electron chi connectivity index (χ1n) is 9.17. The van der Waals surface area contributed by atoms with Gasteiger partial charge in [-0.1, -0.05) is 42.5 Å². The van der Waals surface area contributed by atoms with Crippen LogP contribution in [-0.4, -0.2) is 43.0 Å². The molecule has 27 heavy (non-hydrogen) atoms. The summed E-state index contributed by atoms with van der Waals surface area (Å²) in [5.74, 6) is -1.61. The van der Waals surface area contributed by atoms with Crippen LogP contribution >= 0.6 is 0 Å². The second-order valence-corrected chi connectivity index (χ2v) is 7.38. The Labute approximate surface area is 155 Å². The van der Waals surface area contributed by atoms with E-state index in [0.29, 0.717) is 18.9 Å². The number of benzene rings is 2. The molecule has 0 aromatic heterocycles. The molecular formula is C21H17NO5. The lowest BCUT2D eigenvalue weighted by Gasteiger charge is -2.32. The van der Waals surface area contributed by atoms with Crippen LogP contribution in [0.5, 0.6) is 0 Å². The summed E-state index contributed by atoms with van der Waals surface area (Å²) in [6.45, 7) is 0.918. The summed E-state index contributed by atoms with van der Waals surface area (Å²) in [5.41, 5.74) is -0.391. The highest BCUT2D eigenvalue weighted by atomic mass is 16.7. The number of hydrogen-bond acceptors (Lipinski definition) is 5. The zero-order valence-electron chi connectivity index (χ0n) is 14.4. The Balaban J connectivity index is 1.48. The molecule has 6 heteroatoms. The standard InChI is InChI=1S/C21H17NO5/c23-18-16-15-8-9-21(27-15,20-25-10-11-26-20)17(16)19(24)22(18)14-7-3-5-12-4-1-2-6-13(12)14/h1-9,15-17,20H,10-11H2/t15-,16-,17-,21-/m1/s1. The molecule has 4 heterocycles. The van der Waals surface area contributed by atoms with E-state index < -0.39 is 29.8 Å². The van der Waals surface area contributed by atoms with Crippen molar-refractivity contribution in [2.75, 3.05) is 18.1 Å². The highest BCUT2D eigenvalue weighted by Crippen LogP contribution is 2.55. The molecule has 4 aliphatic rings. The summed E-state index contributed by atoms with van der Waals surface area (Å²) in [4.78, 5) is 28.1. The topological polar surface area (TPSA) is 65.1 Å². The molecule has 136 valence electrons. The molecule has 0 N–H and O–H groups in total. The fraction of sp³-hybridized carbons (Fsp3) is 0.333. The smallest absolute Gasteiger partial charge is 0.241 e. The van der Waals surface area contributed by atoms with E-state index in [1.54, 1.807) is 0 Å². The molecule has 6 nitrogen and oxygen atoms in total. The van der Waals surface area contributed by atoms with Gasteiger partial charge >= 0.3 is 0 Å². The van der Waals surface area contributed by atoms with E-state index in [1.807, 2.05) is 54.6 Å². The highest BCUT2D eigenvalue weighted by molar-refractivity contribution is 6.26. The Bertz CT molecular complexity index is 1010. The zero-order valence-corrected chi connectivity index (χ0v) is 14.4. The molecule has 0 unspecified atom stereocenters. The fourth-order valence-electron chi connectivity index (χ4n) is 4.97. The molecule has 3 fully saturated rings. The van der Waals surface area contributed by atoms with Gasteiger partial charge in [0.25, 0.3) is 0 Å². The summed E-state index contributed by atoms with van der Waals surface area (Å²) < 4.78 is 17.5. The van der Waals surface area contributed by atoms with E-state index in [0.717, 1.165) is 10.8 Å². The molecule has 4 atom stereocenters. The van der Waals surface area contributed by atoms with Crippen LogP contribution in [0.15, 0.2) is 54.6 Å². The third-order valence-corrected chi connectivity index (χ3v) is 6.08. The van der Waals surface area contributed by atoms with Crippen molar-refractivity contribution in [1.82, 2.24) is 0 Å². The van der Waals surface area contributed by atoms with Gasteiger partial charge in [0, 0.05) is 5.39 Å². The summed E-state index contributed by atoms with van der Waals surface area (Å²) in [7, 11) is 0. The average Bonchev–Trinajstić information content (AvgIpc) is 3.45. The van der Waals surface area contributed by atoms with Gasteiger partial charge in [0.15, 0.2) is 11.9 Å². The fourth-order valence-corrected chi connectivity index (χ4v) is 4.97. The van der Waals surface area contributed by atoms with Crippen LogP contribution in [0.2, 0.25) is 0 Å². The van der Waals surface area contributed by atoms with Gasteiger partial charge in [0.2, 0.25) is 11.8 Å². The van der Waals surface area contributed by atoms with Gasteiger partial charge in [-0.2, -0.15) is 0 Å². The number of rotatable bonds is 2. The van der Waals surface area contributed by atoms with Crippen LogP contribution < -0.4 is 4.90 Å². The van der Waals surface area contributed by atoms with Crippen LogP contribution in [0.25, 0.3) is 10.8 Å². The van der Waals surface area contributed by atoms with Crippen LogP contribution in [0.1, 0.15) is 0 Å². The molecule has 2 aromatic rings. The second-order valence-electron chi connectivity index (χ2n) is 7.38. The van der Waals surface area contributed by atoms with E-state index in [9.17, 15) is 9.59 Å². The SMILES string of the molecule is O=C1[C@@H]2[C@H]3C=C[C@@](C4OCCO4)(O3)[C@H]2C(=O)N1c1cccc2ccccc12. The van der Waals surface area contributed by atoms with Crippen LogP contribution in [0.4, 0.5) is 5.69 Å². The van der Waals surface area contributed by atoms with Crippen molar-refractivity contribution >= 4 is 28.3 Å². The number of imide groups is 1. The molecule has 3 saturated heterocycles. The molecule has 4 aliphatic heterocycles. The Morgan fingerprint density at radius 1 is 0.963 bits per heavy atom. The second kappa shape index (κ2) is 5.25. The maximum Gasteiger partial charge on any atom is 0.241 e. The summed E-state index contributed by atoms with van der Waals surface area (Å²) in [6.07, 6.45) is 2.65. The first kappa shape index (κ1) is 15.5. The van der Waals surface area contributed by atoms with Gasteiger partial charge in [-0.05, 0) is 17.5 Å². The van der Waals surface area contributed by atoms with Crippen molar-refractivity contribution in [3.05, 3.63) is 54.6 Å². The number of nitrogens with zero attached hydrogens (tertiary/aromatic N) is 1. The molecule has 0 aliphatic carbocycles. The molecule has 2 amide bonds. The molecular weight excluding hydrogens is 346 g/mol. The minimum Gasteiger partial charge on any atom is -0.357 e. The first-order chi connectivity index (χ1) is 13.2. The minimum absolute atomic E-state index is 0.212. The molecule has 0 radical (unpaired) electrons. The largest absolute Gasteiger partial charge is 0.357 e. The van der Waals surface area contributed by atoms with Gasteiger partial charge in [-0.3, -0.25) is 9.59 Å². The number of hydrogen-bond donors (Lipinski definition) is 0. The first-order valence-corrected chi connectivity index (χ1v) is 9.17. The lowest BCUT2D eigenvalue weighted by Crippen LogP contribution is -2.49. The monoisotopic (exact) mass is 363 g/mol. The van der Waals surface area contributed by atoms with Crippen molar-refractivity contribution in [3.63, 3.8) is 0 Å². The van der Waals surface area contributed by atoms with Gasteiger partial charge in [0.1, 0.15) is 0 Å². The summed E-state index contributed by atoms with van der Waals surface area (Å²) >= 11 is 0. The van der Waals surface area contributed by atoms with E-state index in [2.05, 4.69) is 0 Å². The quantitative estimate of drug-likeness (QED) is 0.603. The lowest BCUT2D eigenvalue weighted by atomic mass is 9.76. The zero-order chi connectivity index (χ0) is 18.2. The summed E-state index contributed by atoms with van der Waals surface area (Å²) in [5, 5.41) is 1.87. The average molecular weight is 363 g/mol. The molecule has 6 rings (SSSR count). The number of amides is 2. The van der Waals surface area contributed by atoms with Gasteiger partial charge < -0.3 is 14.2 Å². The number of fused-ring (bicyclic) bond motifs is 6. The van der Waals surface area contributed by atoms with Crippen LogP contribution in [0.3, 0.4) is 0 Å².